The van der Waals surface area contributed by atoms with Crippen LogP contribution in [0.5, 0.6) is 11.5 Å². The maximum Gasteiger partial charge on any atom is 0.270 e. The van der Waals surface area contributed by atoms with Gasteiger partial charge in [0.1, 0.15) is 23.8 Å². The molecule has 0 unspecified atom stereocenters. The lowest BCUT2D eigenvalue weighted by Gasteiger charge is -2.29. The third-order valence-corrected chi connectivity index (χ3v) is 6.14. The van der Waals surface area contributed by atoms with Crippen molar-refractivity contribution in [3.05, 3.63) is 92.6 Å². The fourth-order valence-corrected chi connectivity index (χ4v) is 4.43. The van der Waals surface area contributed by atoms with Crippen molar-refractivity contribution in [1.29, 1.82) is 0 Å². The molecule has 3 aromatic carbocycles. The van der Waals surface area contributed by atoms with Gasteiger partial charge in [-0.05, 0) is 88.4 Å². The molecule has 2 amide bonds. The second kappa shape index (κ2) is 10.5. The van der Waals surface area contributed by atoms with Crippen molar-refractivity contribution in [3.8, 4) is 11.5 Å². The van der Waals surface area contributed by atoms with E-state index in [0.717, 1.165) is 10.5 Å². The summed E-state index contributed by atoms with van der Waals surface area (Å²) >= 11 is 7.16. The second-order valence-corrected chi connectivity index (χ2v) is 8.91. The number of methoxy groups -OCH3 is 1. The van der Waals surface area contributed by atoms with Crippen molar-refractivity contribution in [2.24, 2.45) is 0 Å². The standard InChI is InChI=1S/C25H17F2IN2O4S/c1-33-21-12-15(11-19(28)22(21)34-13-14-6-8-16(26)9-7-14)10-17-23(31)29-25(35)30(24(17)32)20-5-3-2-4-18(20)27/h2-12H,13H2,1H3,(H,29,31,35)/b17-10+. The highest BCUT2D eigenvalue weighted by Gasteiger charge is 2.35. The molecule has 35 heavy (non-hydrogen) atoms. The zero-order chi connectivity index (χ0) is 25.1. The zero-order valence-corrected chi connectivity index (χ0v) is 21.2. The molecule has 1 N–H and O–H groups in total. The third kappa shape index (κ3) is 5.33. The van der Waals surface area contributed by atoms with Gasteiger partial charge in [-0.3, -0.25) is 14.9 Å². The van der Waals surface area contributed by atoms with E-state index in [2.05, 4.69) is 5.32 Å². The minimum Gasteiger partial charge on any atom is -0.493 e. The van der Waals surface area contributed by atoms with Crippen LogP contribution in [0.15, 0.2) is 66.2 Å². The molecule has 10 heteroatoms. The average Bonchev–Trinajstić information content (AvgIpc) is 2.83. The lowest BCUT2D eigenvalue weighted by Crippen LogP contribution is -2.54. The quantitative estimate of drug-likeness (QED) is 0.186. The Morgan fingerprint density at radius 2 is 1.80 bits per heavy atom. The number of ether oxygens (including phenoxy) is 2. The number of para-hydroxylation sites is 1. The first-order chi connectivity index (χ1) is 16.8. The number of carbonyl (C=O) groups is 2. The largest absolute Gasteiger partial charge is 0.493 e. The van der Waals surface area contributed by atoms with Crippen LogP contribution < -0.4 is 19.7 Å². The molecule has 0 aromatic heterocycles. The van der Waals surface area contributed by atoms with Gasteiger partial charge in [-0.25, -0.2) is 13.7 Å². The molecule has 1 fully saturated rings. The molecule has 1 saturated heterocycles. The van der Waals surface area contributed by atoms with E-state index < -0.39 is 17.6 Å². The van der Waals surface area contributed by atoms with Gasteiger partial charge in [-0.1, -0.05) is 24.3 Å². The molecule has 4 rings (SSSR count). The van der Waals surface area contributed by atoms with E-state index >= 15 is 0 Å². The Kier molecular flexibility index (Phi) is 7.41. The molecule has 1 aliphatic heterocycles. The fraction of sp³-hybridized carbons (Fsp3) is 0.0800. The number of carbonyl (C=O) groups excluding carboxylic acids is 2. The molecule has 0 saturated carbocycles. The Balaban J connectivity index is 1.64. The number of hydrogen-bond acceptors (Lipinski definition) is 5. The summed E-state index contributed by atoms with van der Waals surface area (Å²) in [5.41, 5.74) is 0.967. The molecule has 0 aliphatic carbocycles. The summed E-state index contributed by atoms with van der Waals surface area (Å²) in [5.74, 6) is -1.62. The van der Waals surface area contributed by atoms with Gasteiger partial charge in [0.25, 0.3) is 11.8 Å². The van der Waals surface area contributed by atoms with Gasteiger partial charge in [0, 0.05) is 0 Å². The number of nitrogens with one attached hydrogen (secondary N) is 1. The molecule has 3 aromatic rings. The third-order valence-electron chi connectivity index (χ3n) is 5.05. The number of benzene rings is 3. The van der Waals surface area contributed by atoms with Crippen molar-refractivity contribution < 1.29 is 27.8 Å². The number of thiocarbonyl (C=S) groups is 1. The summed E-state index contributed by atoms with van der Waals surface area (Å²) in [6, 6.07) is 14.9. The minimum absolute atomic E-state index is 0.0647. The van der Waals surface area contributed by atoms with Gasteiger partial charge < -0.3 is 9.47 Å². The number of nitrogens with zero attached hydrogens (tertiary/aromatic N) is 1. The highest BCUT2D eigenvalue weighted by molar-refractivity contribution is 14.1. The molecule has 178 valence electrons. The topological polar surface area (TPSA) is 67.9 Å². The SMILES string of the molecule is COc1cc(/C=C2\C(=O)NC(=S)N(c3ccccc3F)C2=O)cc(I)c1OCc1ccc(F)cc1. The van der Waals surface area contributed by atoms with E-state index in [1.807, 2.05) is 22.6 Å². The van der Waals surface area contributed by atoms with Crippen LogP contribution in [0.1, 0.15) is 11.1 Å². The molecule has 0 bridgehead atoms. The van der Waals surface area contributed by atoms with E-state index in [0.29, 0.717) is 20.6 Å². The molecule has 1 heterocycles. The average molecular weight is 606 g/mol. The summed E-state index contributed by atoms with van der Waals surface area (Å²) in [6.45, 7) is 0.184. The smallest absolute Gasteiger partial charge is 0.270 e. The summed E-state index contributed by atoms with van der Waals surface area (Å²) in [6.07, 6.45) is 1.38. The van der Waals surface area contributed by atoms with Crippen LogP contribution in [0.25, 0.3) is 6.08 Å². The first-order valence-corrected chi connectivity index (χ1v) is 11.7. The van der Waals surface area contributed by atoms with Crippen LogP contribution >= 0.6 is 34.8 Å². The summed E-state index contributed by atoms with van der Waals surface area (Å²) < 4.78 is 39.5. The molecule has 0 atom stereocenters. The van der Waals surface area contributed by atoms with E-state index in [1.54, 1.807) is 30.3 Å². The minimum atomic E-state index is -0.755. The maximum absolute atomic E-state index is 14.3. The number of hydrogen-bond donors (Lipinski definition) is 1. The molecular formula is C25H17F2IN2O4S. The van der Waals surface area contributed by atoms with Gasteiger partial charge in [0.05, 0.1) is 16.4 Å². The summed E-state index contributed by atoms with van der Waals surface area (Å²) in [4.78, 5) is 26.7. The normalized spacial score (nSPS) is 14.8. The van der Waals surface area contributed by atoms with E-state index in [9.17, 15) is 18.4 Å². The molecule has 1 aliphatic rings. The molecule has 6 nitrogen and oxygen atoms in total. The Hall–Kier alpha value is -3.38. The lowest BCUT2D eigenvalue weighted by molar-refractivity contribution is -0.122. The van der Waals surface area contributed by atoms with Crippen molar-refractivity contribution in [3.63, 3.8) is 0 Å². The number of amides is 2. The number of anilines is 1. The van der Waals surface area contributed by atoms with Crippen LogP contribution in [-0.2, 0) is 16.2 Å². The van der Waals surface area contributed by atoms with Gasteiger partial charge in [-0.2, -0.15) is 0 Å². The Bertz CT molecular complexity index is 1360. The maximum atomic E-state index is 14.3. The van der Waals surface area contributed by atoms with Crippen LogP contribution in [0.3, 0.4) is 0 Å². The van der Waals surface area contributed by atoms with Crippen LogP contribution in [-0.4, -0.2) is 24.0 Å². The monoisotopic (exact) mass is 606 g/mol. The highest BCUT2D eigenvalue weighted by atomic mass is 127. The number of halogens is 3. The number of rotatable bonds is 6. The molecule has 0 radical (unpaired) electrons. The van der Waals surface area contributed by atoms with Gasteiger partial charge >= 0.3 is 0 Å². The Labute approximate surface area is 218 Å². The second-order valence-electron chi connectivity index (χ2n) is 7.36. The summed E-state index contributed by atoms with van der Waals surface area (Å²) in [7, 11) is 1.46. The van der Waals surface area contributed by atoms with Crippen LogP contribution in [0.4, 0.5) is 14.5 Å². The van der Waals surface area contributed by atoms with E-state index in [1.165, 1.54) is 43.5 Å². The predicted molar refractivity (Wildman–Crippen MR) is 139 cm³/mol. The first-order valence-electron chi connectivity index (χ1n) is 10.2. The summed E-state index contributed by atoms with van der Waals surface area (Å²) in [5, 5.41) is 2.22. The van der Waals surface area contributed by atoms with Crippen LogP contribution in [0.2, 0.25) is 0 Å². The van der Waals surface area contributed by atoms with Crippen molar-refractivity contribution in [2.75, 3.05) is 12.0 Å². The van der Waals surface area contributed by atoms with Gasteiger partial charge in [0.15, 0.2) is 16.6 Å². The van der Waals surface area contributed by atoms with Crippen LogP contribution in [0, 0.1) is 15.2 Å². The predicted octanol–water partition coefficient (Wildman–Crippen LogP) is 4.99. The Morgan fingerprint density at radius 1 is 1.09 bits per heavy atom. The zero-order valence-electron chi connectivity index (χ0n) is 18.2. The van der Waals surface area contributed by atoms with Crippen molar-refractivity contribution in [2.45, 2.75) is 6.61 Å². The van der Waals surface area contributed by atoms with Gasteiger partial charge in [0.2, 0.25) is 0 Å². The van der Waals surface area contributed by atoms with E-state index in [4.69, 9.17) is 21.7 Å². The van der Waals surface area contributed by atoms with Gasteiger partial charge in [-0.15, -0.1) is 0 Å². The van der Waals surface area contributed by atoms with Crippen molar-refractivity contribution in [1.82, 2.24) is 5.32 Å². The van der Waals surface area contributed by atoms with E-state index in [-0.39, 0.29) is 28.8 Å². The first kappa shape index (κ1) is 24.7. The van der Waals surface area contributed by atoms with Crippen molar-refractivity contribution >= 4 is 63.5 Å². The highest BCUT2D eigenvalue weighted by Crippen LogP contribution is 2.35. The lowest BCUT2D eigenvalue weighted by atomic mass is 10.1. The fourth-order valence-electron chi connectivity index (χ4n) is 3.38. The molecule has 0 spiro atoms. The Morgan fingerprint density at radius 3 is 2.49 bits per heavy atom. The molecular weight excluding hydrogens is 589 g/mol.